The summed E-state index contributed by atoms with van der Waals surface area (Å²) in [6, 6.07) is 0. The molecule has 1 amide bonds. The average molecular weight is 203 g/mol. The van der Waals surface area contributed by atoms with Crippen LogP contribution in [0.25, 0.3) is 0 Å². The second-order valence-corrected chi connectivity index (χ2v) is 4.52. The van der Waals surface area contributed by atoms with Gasteiger partial charge in [-0.15, -0.1) is 0 Å². The lowest BCUT2D eigenvalue weighted by Crippen LogP contribution is -2.36. The van der Waals surface area contributed by atoms with Gasteiger partial charge in [-0.3, -0.25) is 0 Å². The number of carbonyl (C=O) groups is 1. The van der Waals surface area contributed by atoms with Gasteiger partial charge in [-0.1, -0.05) is 0 Å². The monoisotopic (exact) mass is 203 g/mol. The van der Waals surface area contributed by atoms with E-state index in [-0.39, 0.29) is 13.1 Å². The predicted molar refractivity (Wildman–Crippen MR) is 49.8 cm³/mol. The molecule has 5 heteroatoms. The maximum absolute atomic E-state index is 11.4. The van der Waals surface area contributed by atoms with Crippen molar-refractivity contribution >= 4 is 6.09 Å². The largest absolute Gasteiger partial charge is 0.444 e. The lowest BCUT2D eigenvalue weighted by atomic mass is 10.2. The van der Waals surface area contributed by atoms with Crippen LogP contribution in [-0.2, 0) is 4.74 Å². The molecule has 0 saturated carbocycles. The molecule has 1 heterocycles. The quantitative estimate of drug-likeness (QED) is 0.579. The molecule has 1 aliphatic rings. The number of carbonyl (C=O) groups excluding carboxylic acids is 1. The molecule has 2 N–H and O–H groups in total. The number of hydrogen-bond acceptors (Lipinski definition) is 4. The lowest BCUT2D eigenvalue weighted by Gasteiger charge is -2.24. The third-order valence-electron chi connectivity index (χ3n) is 1.91. The highest BCUT2D eigenvalue weighted by Crippen LogP contribution is 2.15. The van der Waals surface area contributed by atoms with E-state index >= 15 is 0 Å². The van der Waals surface area contributed by atoms with E-state index in [2.05, 4.69) is 0 Å². The molecular weight excluding hydrogens is 186 g/mol. The van der Waals surface area contributed by atoms with Crippen LogP contribution >= 0.6 is 0 Å². The minimum atomic E-state index is -0.859. The molecule has 0 aliphatic carbocycles. The fraction of sp³-hybridized carbons (Fsp3) is 0.889. The van der Waals surface area contributed by atoms with Crippen LogP contribution in [0, 0.1) is 0 Å². The molecule has 0 unspecified atom stereocenters. The Balaban J connectivity index is 2.48. The summed E-state index contributed by atoms with van der Waals surface area (Å²) in [6.07, 6.45) is -2.21. The molecular formula is C9H17NO4. The van der Waals surface area contributed by atoms with Crippen LogP contribution in [0.4, 0.5) is 4.79 Å². The van der Waals surface area contributed by atoms with Crippen molar-refractivity contribution in [2.24, 2.45) is 0 Å². The fourth-order valence-corrected chi connectivity index (χ4v) is 1.25. The smallest absolute Gasteiger partial charge is 0.410 e. The Bertz CT molecular complexity index is 213. The Labute approximate surface area is 83.3 Å². The van der Waals surface area contributed by atoms with E-state index in [1.807, 2.05) is 0 Å². The number of aliphatic hydroxyl groups excluding tert-OH is 2. The molecule has 0 aromatic rings. The summed E-state index contributed by atoms with van der Waals surface area (Å²) in [5.74, 6) is 0. The third kappa shape index (κ3) is 2.85. The Morgan fingerprint density at radius 2 is 1.71 bits per heavy atom. The minimum Gasteiger partial charge on any atom is -0.444 e. The second-order valence-electron chi connectivity index (χ2n) is 4.52. The van der Waals surface area contributed by atoms with Crippen LogP contribution < -0.4 is 0 Å². The SMILES string of the molecule is CC(C)(C)OC(=O)N1C[C@@H](O)[C@H](O)C1. The van der Waals surface area contributed by atoms with Crippen LogP contribution in [0.3, 0.4) is 0 Å². The van der Waals surface area contributed by atoms with E-state index in [9.17, 15) is 15.0 Å². The average Bonchev–Trinajstić information content (AvgIpc) is 2.28. The first-order valence-corrected chi connectivity index (χ1v) is 4.63. The van der Waals surface area contributed by atoms with E-state index in [1.165, 1.54) is 4.90 Å². The van der Waals surface area contributed by atoms with E-state index in [1.54, 1.807) is 20.8 Å². The van der Waals surface area contributed by atoms with Gasteiger partial charge < -0.3 is 19.8 Å². The molecule has 1 saturated heterocycles. The van der Waals surface area contributed by atoms with Crippen LogP contribution in [0.1, 0.15) is 20.8 Å². The van der Waals surface area contributed by atoms with E-state index in [4.69, 9.17) is 4.74 Å². The number of hydrogen-bond donors (Lipinski definition) is 2. The summed E-state index contributed by atoms with van der Waals surface area (Å²) in [4.78, 5) is 12.7. The zero-order valence-electron chi connectivity index (χ0n) is 8.73. The first kappa shape index (κ1) is 11.3. The first-order valence-electron chi connectivity index (χ1n) is 4.63. The zero-order chi connectivity index (χ0) is 10.9. The minimum absolute atomic E-state index is 0.135. The third-order valence-corrected chi connectivity index (χ3v) is 1.91. The molecule has 1 rings (SSSR count). The molecule has 1 aliphatic heterocycles. The lowest BCUT2D eigenvalue weighted by molar-refractivity contribution is 0.0267. The number of β-amino-alcohol motifs (C(OH)–C–C–N with tert-alkyl or cyclic N) is 2. The summed E-state index contributed by atoms with van der Waals surface area (Å²) in [5.41, 5.74) is -0.546. The highest BCUT2D eigenvalue weighted by atomic mass is 16.6. The summed E-state index contributed by atoms with van der Waals surface area (Å²) in [7, 11) is 0. The fourth-order valence-electron chi connectivity index (χ4n) is 1.25. The van der Waals surface area contributed by atoms with Gasteiger partial charge >= 0.3 is 6.09 Å². The van der Waals surface area contributed by atoms with Gasteiger partial charge in [-0.05, 0) is 20.8 Å². The predicted octanol–water partition coefficient (Wildman–Crippen LogP) is -0.0411. The zero-order valence-corrected chi connectivity index (χ0v) is 8.73. The van der Waals surface area contributed by atoms with Crippen LogP contribution in [-0.4, -0.2) is 52.1 Å². The molecule has 0 spiro atoms. The van der Waals surface area contributed by atoms with Crippen molar-refractivity contribution in [2.45, 2.75) is 38.6 Å². The van der Waals surface area contributed by atoms with Gasteiger partial charge in [0.2, 0.25) is 0 Å². The van der Waals surface area contributed by atoms with Crippen molar-refractivity contribution in [1.29, 1.82) is 0 Å². The van der Waals surface area contributed by atoms with Gasteiger partial charge in [0, 0.05) is 0 Å². The van der Waals surface area contributed by atoms with Crippen LogP contribution in [0.2, 0.25) is 0 Å². The Morgan fingerprint density at radius 3 is 2.07 bits per heavy atom. The molecule has 0 aromatic heterocycles. The Kier molecular flexibility index (Phi) is 3.01. The van der Waals surface area contributed by atoms with E-state index in [0.29, 0.717) is 0 Å². The van der Waals surface area contributed by atoms with Gasteiger partial charge in [0.25, 0.3) is 0 Å². The van der Waals surface area contributed by atoms with Crippen molar-refractivity contribution < 1.29 is 19.7 Å². The number of likely N-dealkylation sites (tertiary alicyclic amines) is 1. The molecule has 0 radical (unpaired) electrons. The maximum atomic E-state index is 11.4. The van der Waals surface area contributed by atoms with Crippen molar-refractivity contribution in [3.8, 4) is 0 Å². The van der Waals surface area contributed by atoms with E-state index < -0.39 is 23.9 Å². The number of aliphatic hydroxyl groups is 2. The van der Waals surface area contributed by atoms with Crippen molar-refractivity contribution in [3.63, 3.8) is 0 Å². The maximum Gasteiger partial charge on any atom is 0.410 e. The number of ether oxygens (including phenoxy) is 1. The van der Waals surface area contributed by atoms with Crippen molar-refractivity contribution in [2.75, 3.05) is 13.1 Å². The Morgan fingerprint density at radius 1 is 1.29 bits per heavy atom. The molecule has 2 atom stereocenters. The highest BCUT2D eigenvalue weighted by Gasteiger charge is 2.34. The standard InChI is InChI=1S/C9H17NO4/c1-9(2,3)14-8(13)10-4-6(11)7(12)5-10/h6-7,11-12H,4-5H2,1-3H3/t6-,7-/m1/s1. The van der Waals surface area contributed by atoms with Gasteiger partial charge in [-0.25, -0.2) is 4.79 Å². The molecule has 5 nitrogen and oxygen atoms in total. The van der Waals surface area contributed by atoms with Crippen LogP contribution in [0.5, 0.6) is 0 Å². The molecule has 0 aromatic carbocycles. The van der Waals surface area contributed by atoms with E-state index in [0.717, 1.165) is 0 Å². The van der Waals surface area contributed by atoms with Gasteiger partial charge in [0.05, 0.1) is 25.3 Å². The van der Waals surface area contributed by atoms with Crippen molar-refractivity contribution in [3.05, 3.63) is 0 Å². The topological polar surface area (TPSA) is 70.0 Å². The van der Waals surface area contributed by atoms with Gasteiger partial charge in [0.15, 0.2) is 0 Å². The highest BCUT2D eigenvalue weighted by molar-refractivity contribution is 5.68. The summed E-state index contributed by atoms with van der Waals surface area (Å²) in [5, 5.41) is 18.4. The van der Waals surface area contributed by atoms with Gasteiger partial charge in [-0.2, -0.15) is 0 Å². The molecule has 82 valence electrons. The summed E-state index contributed by atoms with van der Waals surface area (Å²) < 4.78 is 5.08. The summed E-state index contributed by atoms with van der Waals surface area (Å²) in [6.45, 7) is 5.58. The normalized spacial score (nSPS) is 27.9. The molecule has 1 fully saturated rings. The number of amides is 1. The number of nitrogens with zero attached hydrogens (tertiary/aromatic N) is 1. The molecule has 14 heavy (non-hydrogen) atoms. The van der Waals surface area contributed by atoms with Crippen molar-refractivity contribution in [1.82, 2.24) is 4.90 Å². The first-order chi connectivity index (χ1) is 6.29. The number of rotatable bonds is 0. The summed E-state index contributed by atoms with van der Waals surface area (Å²) >= 11 is 0. The molecule has 0 bridgehead atoms. The second kappa shape index (κ2) is 3.74. The Hall–Kier alpha value is -0.810. The van der Waals surface area contributed by atoms with Crippen LogP contribution in [0.15, 0.2) is 0 Å². The van der Waals surface area contributed by atoms with Gasteiger partial charge in [0.1, 0.15) is 5.60 Å².